The molecule has 0 saturated heterocycles. The van der Waals surface area contributed by atoms with Crippen molar-refractivity contribution in [2.75, 3.05) is 13.2 Å². The maximum Gasteiger partial charge on any atom is 0.306 e. The fourth-order valence-corrected chi connectivity index (χ4v) is 6.87. The Morgan fingerprint density at radius 1 is 0.333 bits per heavy atom. The SMILES string of the molecule is CC\C=C/C=C\C=C/C=C\C=C/CCCC(=O)OCC(COC(=O)CCCCCCCCC/C=C\CCCCCCCCCC)OC(=O)CCCCC/C=C\C/C=C\C/C=C\C/C=C\CC. The van der Waals surface area contributed by atoms with Gasteiger partial charge in [0.1, 0.15) is 13.2 Å². The number of esters is 3. The van der Waals surface area contributed by atoms with Crippen LogP contribution in [0, 0.1) is 0 Å². The third-order valence-corrected chi connectivity index (χ3v) is 10.8. The summed E-state index contributed by atoms with van der Waals surface area (Å²) < 4.78 is 16.7. The molecule has 1 atom stereocenters. The standard InChI is InChI=1S/C60H96O6/c1-4-7-10-13-16-19-22-25-27-29-30-31-33-35-38-41-44-47-50-53-59(62)65-56-57(55-64-58(61)52-49-46-43-40-37-34-24-21-18-15-12-9-6-3)66-60(63)54-51-48-45-42-39-36-32-28-26-23-20-17-14-11-8-5-2/h8-9,11-12,15,17-18,20-21,24,26,28-30,34,36-37,39-40,43,57H,4-7,10,13-14,16,19,22-23,25,27,31-33,35,38,41-42,44-56H2,1-3H3/b11-8-,12-9-,18-15-,20-17-,24-21-,28-26-,30-29-,37-34-,39-36-,43-40-. The number of ether oxygens (including phenoxy) is 3. The zero-order valence-corrected chi connectivity index (χ0v) is 42.4. The van der Waals surface area contributed by atoms with Crippen LogP contribution in [-0.2, 0) is 28.6 Å². The van der Waals surface area contributed by atoms with E-state index in [-0.39, 0.29) is 44.0 Å². The van der Waals surface area contributed by atoms with Crippen molar-refractivity contribution in [2.45, 2.75) is 226 Å². The van der Waals surface area contributed by atoms with E-state index in [9.17, 15) is 14.4 Å². The number of hydrogen-bond donors (Lipinski definition) is 0. The highest BCUT2D eigenvalue weighted by Crippen LogP contribution is 2.13. The van der Waals surface area contributed by atoms with E-state index >= 15 is 0 Å². The van der Waals surface area contributed by atoms with Crippen molar-refractivity contribution < 1.29 is 28.6 Å². The predicted octanol–water partition coefficient (Wildman–Crippen LogP) is 17.7. The molecule has 0 aliphatic rings. The largest absolute Gasteiger partial charge is 0.462 e. The molecular weight excluding hydrogens is 817 g/mol. The number of carbonyl (C=O) groups is 3. The van der Waals surface area contributed by atoms with Crippen molar-refractivity contribution in [3.8, 4) is 0 Å². The lowest BCUT2D eigenvalue weighted by Crippen LogP contribution is -2.30. The van der Waals surface area contributed by atoms with Crippen LogP contribution in [0.2, 0.25) is 0 Å². The molecule has 0 aliphatic heterocycles. The first kappa shape index (κ1) is 61.8. The molecule has 0 aliphatic carbocycles. The fraction of sp³-hybridized carbons (Fsp3) is 0.617. The smallest absolute Gasteiger partial charge is 0.306 e. The second kappa shape index (κ2) is 53.4. The Labute approximate surface area is 405 Å². The van der Waals surface area contributed by atoms with Crippen LogP contribution in [-0.4, -0.2) is 37.2 Å². The predicted molar refractivity (Wildman–Crippen MR) is 283 cm³/mol. The molecule has 0 amide bonds. The van der Waals surface area contributed by atoms with E-state index < -0.39 is 6.10 Å². The molecule has 6 nitrogen and oxygen atoms in total. The van der Waals surface area contributed by atoms with Crippen molar-refractivity contribution >= 4 is 17.9 Å². The summed E-state index contributed by atoms with van der Waals surface area (Å²) in [6, 6.07) is 0. The van der Waals surface area contributed by atoms with Crippen LogP contribution >= 0.6 is 0 Å². The van der Waals surface area contributed by atoms with Crippen molar-refractivity contribution in [1.82, 2.24) is 0 Å². The number of unbranched alkanes of at least 4 members (excludes halogenated alkanes) is 19. The maximum absolute atomic E-state index is 12.8. The van der Waals surface area contributed by atoms with Crippen LogP contribution < -0.4 is 0 Å². The van der Waals surface area contributed by atoms with Gasteiger partial charge in [0.15, 0.2) is 6.10 Å². The zero-order valence-electron chi connectivity index (χ0n) is 42.4. The molecule has 372 valence electrons. The van der Waals surface area contributed by atoms with E-state index in [0.29, 0.717) is 19.3 Å². The van der Waals surface area contributed by atoms with E-state index in [4.69, 9.17) is 14.2 Å². The van der Waals surface area contributed by atoms with Crippen molar-refractivity contribution in [2.24, 2.45) is 0 Å². The highest BCUT2D eigenvalue weighted by molar-refractivity contribution is 5.71. The van der Waals surface area contributed by atoms with Crippen molar-refractivity contribution in [3.05, 3.63) is 122 Å². The van der Waals surface area contributed by atoms with Gasteiger partial charge in [0.25, 0.3) is 0 Å². The maximum atomic E-state index is 12.8. The van der Waals surface area contributed by atoms with Gasteiger partial charge in [-0.25, -0.2) is 0 Å². The molecule has 0 bridgehead atoms. The Hall–Kier alpha value is -4.19. The number of carbonyl (C=O) groups excluding carboxylic acids is 3. The molecule has 0 N–H and O–H groups in total. The van der Waals surface area contributed by atoms with Crippen molar-refractivity contribution in [1.29, 1.82) is 0 Å². The van der Waals surface area contributed by atoms with E-state index in [2.05, 4.69) is 87.6 Å². The Bertz CT molecular complexity index is 1420. The van der Waals surface area contributed by atoms with Crippen LogP contribution in [0.25, 0.3) is 0 Å². The molecule has 6 heteroatoms. The Morgan fingerprint density at radius 2 is 0.682 bits per heavy atom. The molecule has 0 aromatic rings. The second-order valence-corrected chi connectivity index (χ2v) is 17.1. The molecule has 0 spiro atoms. The first-order valence-electron chi connectivity index (χ1n) is 26.6. The van der Waals surface area contributed by atoms with Crippen LogP contribution in [0.3, 0.4) is 0 Å². The number of hydrogen-bond acceptors (Lipinski definition) is 6. The lowest BCUT2D eigenvalue weighted by molar-refractivity contribution is -0.167. The molecule has 0 aromatic carbocycles. The van der Waals surface area contributed by atoms with Crippen LogP contribution in [0.4, 0.5) is 0 Å². The minimum absolute atomic E-state index is 0.119. The van der Waals surface area contributed by atoms with E-state index in [1.807, 2.05) is 54.7 Å². The van der Waals surface area contributed by atoms with Crippen LogP contribution in [0.5, 0.6) is 0 Å². The molecule has 0 saturated carbocycles. The molecule has 0 fully saturated rings. The van der Waals surface area contributed by atoms with Crippen molar-refractivity contribution in [3.63, 3.8) is 0 Å². The fourth-order valence-electron chi connectivity index (χ4n) is 6.87. The summed E-state index contributed by atoms with van der Waals surface area (Å²) >= 11 is 0. The summed E-state index contributed by atoms with van der Waals surface area (Å²) in [4.78, 5) is 38.0. The van der Waals surface area contributed by atoms with Gasteiger partial charge in [-0.1, -0.05) is 226 Å². The highest BCUT2D eigenvalue weighted by atomic mass is 16.6. The molecule has 1 unspecified atom stereocenters. The summed E-state index contributed by atoms with van der Waals surface area (Å²) in [5, 5.41) is 0. The normalized spacial score (nSPS) is 13.1. The second-order valence-electron chi connectivity index (χ2n) is 17.1. The first-order valence-corrected chi connectivity index (χ1v) is 26.6. The number of allylic oxidation sites excluding steroid dienone is 20. The molecule has 0 aromatic heterocycles. The van der Waals surface area contributed by atoms with E-state index in [1.165, 1.54) is 89.9 Å². The Kier molecular flexibility index (Phi) is 50.0. The Balaban J connectivity index is 4.52. The van der Waals surface area contributed by atoms with Gasteiger partial charge in [-0.3, -0.25) is 14.4 Å². The zero-order chi connectivity index (χ0) is 47.9. The average molecular weight is 913 g/mol. The summed E-state index contributed by atoms with van der Waals surface area (Å²) in [5.41, 5.74) is 0. The van der Waals surface area contributed by atoms with E-state index in [1.54, 1.807) is 0 Å². The summed E-state index contributed by atoms with van der Waals surface area (Å²) in [6.07, 6.45) is 73.4. The van der Waals surface area contributed by atoms with Gasteiger partial charge in [0, 0.05) is 19.3 Å². The minimum atomic E-state index is -0.828. The number of rotatable bonds is 46. The summed E-state index contributed by atoms with van der Waals surface area (Å²) in [6.45, 7) is 6.27. The van der Waals surface area contributed by atoms with E-state index in [0.717, 1.165) is 77.0 Å². The topological polar surface area (TPSA) is 78.9 Å². The average Bonchev–Trinajstić information content (AvgIpc) is 3.31. The molecule has 0 rings (SSSR count). The highest BCUT2D eigenvalue weighted by Gasteiger charge is 2.19. The third kappa shape index (κ3) is 50.8. The van der Waals surface area contributed by atoms with Gasteiger partial charge in [-0.15, -0.1) is 0 Å². The minimum Gasteiger partial charge on any atom is -0.462 e. The summed E-state index contributed by atoms with van der Waals surface area (Å²) in [5.74, 6) is -1.04. The van der Waals surface area contributed by atoms with Gasteiger partial charge < -0.3 is 14.2 Å². The van der Waals surface area contributed by atoms with Gasteiger partial charge >= 0.3 is 17.9 Å². The lowest BCUT2D eigenvalue weighted by atomic mass is 10.1. The quantitative estimate of drug-likeness (QED) is 0.0199. The Morgan fingerprint density at radius 3 is 1.18 bits per heavy atom. The van der Waals surface area contributed by atoms with Gasteiger partial charge in [-0.2, -0.15) is 0 Å². The van der Waals surface area contributed by atoms with Gasteiger partial charge in [0.2, 0.25) is 0 Å². The molecule has 66 heavy (non-hydrogen) atoms. The lowest BCUT2D eigenvalue weighted by Gasteiger charge is -2.18. The monoisotopic (exact) mass is 913 g/mol. The van der Waals surface area contributed by atoms with Crippen LogP contribution in [0.15, 0.2) is 122 Å². The third-order valence-electron chi connectivity index (χ3n) is 10.8. The van der Waals surface area contributed by atoms with Crippen LogP contribution in [0.1, 0.15) is 220 Å². The molecule has 0 radical (unpaired) electrons. The first-order chi connectivity index (χ1) is 32.5. The van der Waals surface area contributed by atoms with Gasteiger partial charge in [-0.05, 0) is 96.3 Å². The van der Waals surface area contributed by atoms with Gasteiger partial charge in [0.05, 0.1) is 0 Å². The molecular formula is C60H96O6. The summed E-state index contributed by atoms with van der Waals surface area (Å²) in [7, 11) is 0. The molecule has 0 heterocycles.